The van der Waals surface area contributed by atoms with Gasteiger partial charge in [-0.05, 0) is 74.4 Å². The van der Waals surface area contributed by atoms with Crippen molar-refractivity contribution in [2.24, 2.45) is 0 Å². The standard InChI is InChI=1S/C34H51ClO6/c1-6-10-19-38-31-30(41-34(5,24-36)33(40-21-12-8-3)32(31)39-20-11-7-2)26-15-18-29(35)27(23-26)22-25-13-16-28(17-14-25)37-9-4/h13-18,23,30-33,36H,6-12,19-22,24H2,1-5H3/t30-,31-,32+,33-,34?/m0/s1. The fraction of sp³-hybridized carbons (Fsp3) is 0.647. The third kappa shape index (κ3) is 9.41. The molecule has 230 valence electrons. The minimum absolute atomic E-state index is 0.192. The maximum Gasteiger partial charge on any atom is 0.119 e. The summed E-state index contributed by atoms with van der Waals surface area (Å²) in [6, 6.07) is 14.2. The van der Waals surface area contributed by atoms with Crippen molar-refractivity contribution >= 4 is 11.6 Å². The van der Waals surface area contributed by atoms with Gasteiger partial charge in [0.2, 0.25) is 0 Å². The number of rotatable bonds is 18. The smallest absolute Gasteiger partial charge is 0.119 e. The molecule has 0 bridgehead atoms. The quantitative estimate of drug-likeness (QED) is 0.179. The highest BCUT2D eigenvalue weighted by Crippen LogP contribution is 2.43. The Morgan fingerprint density at radius 3 is 2.02 bits per heavy atom. The molecule has 1 unspecified atom stereocenters. The molecule has 0 spiro atoms. The average molecular weight is 591 g/mol. The lowest BCUT2D eigenvalue weighted by Gasteiger charge is -2.51. The van der Waals surface area contributed by atoms with Crippen LogP contribution in [-0.2, 0) is 25.4 Å². The first kappa shape index (κ1) is 33.8. The summed E-state index contributed by atoms with van der Waals surface area (Å²) in [4.78, 5) is 0. The molecule has 0 aromatic heterocycles. The first-order chi connectivity index (χ1) is 19.9. The molecule has 2 aromatic rings. The van der Waals surface area contributed by atoms with Crippen LogP contribution < -0.4 is 4.74 Å². The van der Waals surface area contributed by atoms with Crippen molar-refractivity contribution in [3.63, 3.8) is 0 Å². The molecule has 0 radical (unpaired) electrons. The van der Waals surface area contributed by atoms with E-state index in [2.05, 4.69) is 39.0 Å². The predicted octanol–water partition coefficient (Wildman–Crippen LogP) is 7.71. The first-order valence-electron chi connectivity index (χ1n) is 15.5. The van der Waals surface area contributed by atoms with Crippen LogP contribution in [0.4, 0.5) is 0 Å². The van der Waals surface area contributed by atoms with E-state index in [0.717, 1.165) is 61.0 Å². The molecule has 0 amide bonds. The van der Waals surface area contributed by atoms with Crippen molar-refractivity contribution in [3.8, 4) is 5.75 Å². The minimum Gasteiger partial charge on any atom is -0.494 e. The second kappa shape index (κ2) is 17.4. The Kier molecular flexibility index (Phi) is 14.4. The molecule has 7 heteroatoms. The van der Waals surface area contributed by atoms with Gasteiger partial charge in [-0.2, -0.15) is 0 Å². The van der Waals surface area contributed by atoms with Gasteiger partial charge in [0.1, 0.15) is 35.8 Å². The van der Waals surface area contributed by atoms with Gasteiger partial charge in [0.15, 0.2) is 0 Å². The highest BCUT2D eigenvalue weighted by molar-refractivity contribution is 6.31. The number of ether oxygens (including phenoxy) is 5. The van der Waals surface area contributed by atoms with Crippen LogP contribution in [0, 0.1) is 0 Å². The monoisotopic (exact) mass is 590 g/mol. The van der Waals surface area contributed by atoms with Crippen molar-refractivity contribution < 1.29 is 28.8 Å². The molecule has 1 heterocycles. The summed E-state index contributed by atoms with van der Waals surface area (Å²) >= 11 is 6.71. The number of aliphatic hydroxyl groups is 1. The molecule has 6 nitrogen and oxygen atoms in total. The number of hydrogen-bond donors (Lipinski definition) is 1. The lowest BCUT2D eigenvalue weighted by Crippen LogP contribution is -2.64. The average Bonchev–Trinajstić information content (AvgIpc) is 2.98. The van der Waals surface area contributed by atoms with E-state index >= 15 is 0 Å². The molecular formula is C34H51ClO6. The zero-order valence-electron chi connectivity index (χ0n) is 25.7. The normalized spacial score (nSPS) is 24.5. The molecule has 41 heavy (non-hydrogen) atoms. The van der Waals surface area contributed by atoms with Gasteiger partial charge in [-0.3, -0.25) is 0 Å². The molecule has 0 aliphatic carbocycles. The molecular weight excluding hydrogens is 540 g/mol. The van der Waals surface area contributed by atoms with Gasteiger partial charge in [0, 0.05) is 24.8 Å². The molecule has 2 aromatic carbocycles. The van der Waals surface area contributed by atoms with E-state index in [9.17, 15) is 5.11 Å². The predicted molar refractivity (Wildman–Crippen MR) is 165 cm³/mol. The van der Waals surface area contributed by atoms with E-state index in [1.165, 1.54) is 0 Å². The lowest BCUT2D eigenvalue weighted by atomic mass is 9.83. The summed E-state index contributed by atoms with van der Waals surface area (Å²) in [6.45, 7) is 12.6. The summed E-state index contributed by atoms with van der Waals surface area (Å²) in [5.74, 6) is 0.854. The Bertz CT molecular complexity index is 1010. The Balaban J connectivity index is 1.98. The second-order valence-electron chi connectivity index (χ2n) is 11.1. The zero-order valence-corrected chi connectivity index (χ0v) is 26.5. The molecule has 1 saturated heterocycles. The Hall–Kier alpha value is -1.67. The molecule has 3 rings (SSSR count). The summed E-state index contributed by atoms with van der Waals surface area (Å²) in [7, 11) is 0. The van der Waals surface area contributed by atoms with E-state index in [-0.39, 0.29) is 6.61 Å². The van der Waals surface area contributed by atoms with Crippen LogP contribution in [0.1, 0.15) is 95.9 Å². The van der Waals surface area contributed by atoms with Gasteiger partial charge in [0.05, 0.1) is 13.2 Å². The molecule has 1 fully saturated rings. The number of halogens is 1. The van der Waals surface area contributed by atoms with Crippen molar-refractivity contribution in [2.75, 3.05) is 33.0 Å². The molecule has 5 atom stereocenters. The van der Waals surface area contributed by atoms with Crippen molar-refractivity contribution in [2.45, 2.75) is 110 Å². The fourth-order valence-electron chi connectivity index (χ4n) is 5.22. The fourth-order valence-corrected chi connectivity index (χ4v) is 5.40. The minimum atomic E-state index is -0.963. The maximum absolute atomic E-state index is 10.7. The lowest BCUT2D eigenvalue weighted by molar-refractivity contribution is -0.301. The van der Waals surface area contributed by atoms with Crippen LogP contribution in [0.25, 0.3) is 0 Å². The van der Waals surface area contributed by atoms with E-state index in [4.69, 9.17) is 35.3 Å². The van der Waals surface area contributed by atoms with Gasteiger partial charge in [0.25, 0.3) is 0 Å². The van der Waals surface area contributed by atoms with E-state index in [0.29, 0.717) is 37.9 Å². The summed E-state index contributed by atoms with van der Waals surface area (Å²) in [6.07, 6.45) is 4.83. The number of benzene rings is 2. The van der Waals surface area contributed by atoms with Crippen LogP contribution in [-0.4, -0.2) is 62.1 Å². The molecule has 1 aliphatic rings. The summed E-state index contributed by atoms with van der Waals surface area (Å²) in [5, 5.41) is 11.4. The van der Waals surface area contributed by atoms with Gasteiger partial charge in [-0.15, -0.1) is 0 Å². The van der Waals surface area contributed by atoms with Gasteiger partial charge in [-0.1, -0.05) is 75.9 Å². The van der Waals surface area contributed by atoms with Crippen LogP contribution >= 0.6 is 11.6 Å². The van der Waals surface area contributed by atoms with Gasteiger partial charge >= 0.3 is 0 Å². The van der Waals surface area contributed by atoms with Crippen LogP contribution in [0.2, 0.25) is 5.02 Å². The van der Waals surface area contributed by atoms with Crippen molar-refractivity contribution in [1.82, 2.24) is 0 Å². The highest BCUT2D eigenvalue weighted by atomic mass is 35.5. The first-order valence-corrected chi connectivity index (χ1v) is 15.9. The molecule has 1 aliphatic heterocycles. The summed E-state index contributed by atoms with van der Waals surface area (Å²) in [5.41, 5.74) is 2.12. The van der Waals surface area contributed by atoms with Gasteiger partial charge in [-0.25, -0.2) is 0 Å². The van der Waals surface area contributed by atoms with Crippen LogP contribution in [0.15, 0.2) is 42.5 Å². The SMILES string of the molecule is CCCCO[C@@H]1[C@@H](OCCCC)[C@H](OCCCC)C(C)(CO)O[C@H]1c1ccc(Cl)c(Cc2ccc(OCC)cc2)c1. The number of aliphatic hydroxyl groups excluding tert-OH is 1. The Morgan fingerprint density at radius 2 is 1.44 bits per heavy atom. The highest BCUT2D eigenvalue weighted by Gasteiger charge is 2.54. The number of hydrogen-bond acceptors (Lipinski definition) is 6. The van der Waals surface area contributed by atoms with Crippen molar-refractivity contribution in [1.29, 1.82) is 0 Å². The van der Waals surface area contributed by atoms with Crippen LogP contribution in [0.5, 0.6) is 5.75 Å². The van der Waals surface area contributed by atoms with E-state index in [1.54, 1.807) is 0 Å². The largest absolute Gasteiger partial charge is 0.494 e. The topological polar surface area (TPSA) is 66.4 Å². The molecule has 1 N–H and O–H groups in total. The summed E-state index contributed by atoms with van der Waals surface area (Å²) < 4.78 is 31.9. The van der Waals surface area contributed by atoms with Crippen molar-refractivity contribution in [3.05, 3.63) is 64.2 Å². The third-order valence-electron chi connectivity index (χ3n) is 7.67. The molecule has 0 saturated carbocycles. The third-order valence-corrected chi connectivity index (χ3v) is 8.04. The Labute approximate surface area is 252 Å². The van der Waals surface area contributed by atoms with Crippen LogP contribution in [0.3, 0.4) is 0 Å². The van der Waals surface area contributed by atoms with E-state index < -0.39 is 30.0 Å². The van der Waals surface area contributed by atoms with Gasteiger partial charge < -0.3 is 28.8 Å². The zero-order chi connectivity index (χ0) is 29.7. The number of unbranched alkanes of at least 4 members (excludes halogenated alkanes) is 3. The maximum atomic E-state index is 10.7. The second-order valence-corrected chi connectivity index (χ2v) is 11.5. The van der Waals surface area contributed by atoms with E-state index in [1.807, 2.05) is 38.1 Å². The Morgan fingerprint density at radius 1 is 0.829 bits per heavy atom.